The van der Waals surface area contributed by atoms with Crippen molar-refractivity contribution in [3.63, 3.8) is 0 Å². The lowest BCUT2D eigenvalue weighted by Crippen LogP contribution is -2.06. The lowest BCUT2D eigenvalue weighted by Gasteiger charge is -2.05. The van der Waals surface area contributed by atoms with Crippen LogP contribution in [0.1, 0.15) is 21.5 Å². The van der Waals surface area contributed by atoms with Gasteiger partial charge in [0, 0.05) is 27.8 Å². The molecule has 1 aromatic heterocycles. The van der Waals surface area contributed by atoms with Crippen LogP contribution in [0.15, 0.2) is 70.8 Å². The molecule has 0 aliphatic heterocycles. The van der Waals surface area contributed by atoms with E-state index >= 15 is 0 Å². The Labute approximate surface area is 159 Å². The van der Waals surface area contributed by atoms with Crippen LogP contribution in [0, 0.1) is 0 Å². The first-order chi connectivity index (χ1) is 12.7. The lowest BCUT2D eigenvalue weighted by molar-refractivity contribution is 0.0517. The van der Waals surface area contributed by atoms with Crippen molar-refractivity contribution < 1.29 is 9.63 Å². The predicted octanol–water partition coefficient (Wildman–Crippen LogP) is 5.05. The first kappa shape index (κ1) is 16.8. The summed E-state index contributed by atoms with van der Waals surface area (Å²) in [6.45, 7) is 0. The van der Waals surface area contributed by atoms with Gasteiger partial charge in [-0.2, -0.15) is 0 Å². The molecule has 0 spiro atoms. The molecular formula is C20H13ClN2O2S. The Balaban J connectivity index is 1.70. The minimum atomic E-state index is -0.590. The highest BCUT2D eigenvalue weighted by Crippen LogP contribution is 2.35. The summed E-state index contributed by atoms with van der Waals surface area (Å²) in [7, 11) is 0. The maximum Gasteiger partial charge on any atom is 0.367 e. The number of fused-ring (bicyclic) bond motifs is 3. The van der Waals surface area contributed by atoms with Crippen LogP contribution >= 0.6 is 23.4 Å². The molecule has 6 heteroatoms. The molecule has 128 valence electrons. The van der Waals surface area contributed by atoms with E-state index in [0.29, 0.717) is 16.3 Å². The summed E-state index contributed by atoms with van der Waals surface area (Å²) in [4.78, 5) is 23.1. The average Bonchev–Trinajstić information content (AvgIpc) is 3.00. The number of benzene rings is 2. The van der Waals surface area contributed by atoms with E-state index in [1.807, 2.05) is 48.7 Å². The molecule has 4 rings (SSSR count). The molecule has 2 aromatic carbocycles. The minimum Gasteiger partial charge on any atom is -0.312 e. The molecule has 0 N–H and O–H groups in total. The number of carbonyl (C=O) groups is 1. The van der Waals surface area contributed by atoms with Gasteiger partial charge in [-0.3, -0.25) is 4.98 Å². The first-order valence-corrected chi connectivity index (χ1v) is 9.47. The molecule has 1 aliphatic rings. The number of halogens is 1. The van der Waals surface area contributed by atoms with Gasteiger partial charge >= 0.3 is 5.97 Å². The second kappa shape index (κ2) is 6.94. The van der Waals surface area contributed by atoms with Crippen LogP contribution in [-0.2, 0) is 4.84 Å². The van der Waals surface area contributed by atoms with Gasteiger partial charge in [0.1, 0.15) is 5.71 Å². The quantitative estimate of drug-likeness (QED) is 0.283. The third kappa shape index (κ3) is 2.89. The van der Waals surface area contributed by atoms with Gasteiger partial charge in [-0.1, -0.05) is 41.0 Å². The standard InChI is InChI=1S/C20H13ClN2O2S/c1-26-12-8-9-17(21)16(11-12)20(24)25-23-19-14-6-3-2-5-13(14)18-15(19)7-4-10-22-18/h2-11H,1H3/b23-19+. The van der Waals surface area contributed by atoms with Crippen molar-refractivity contribution in [3.05, 3.63) is 82.5 Å². The zero-order valence-corrected chi connectivity index (χ0v) is 15.3. The highest BCUT2D eigenvalue weighted by atomic mass is 35.5. The molecule has 0 radical (unpaired) electrons. The monoisotopic (exact) mass is 380 g/mol. The second-order valence-corrected chi connectivity index (χ2v) is 6.90. The van der Waals surface area contributed by atoms with Gasteiger partial charge in [-0.25, -0.2) is 4.79 Å². The Bertz CT molecular complexity index is 1000. The molecule has 4 nitrogen and oxygen atoms in total. The number of aromatic nitrogens is 1. The van der Waals surface area contributed by atoms with Crippen LogP contribution in [0.3, 0.4) is 0 Å². The largest absolute Gasteiger partial charge is 0.367 e. The highest BCUT2D eigenvalue weighted by molar-refractivity contribution is 7.98. The van der Waals surface area contributed by atoms with Crippen molar-refractivity contribution in [3.8, 4) is 11.3 Å². The number of pyridine rings is 1. The van der Waals surface area contributed by atoms with Crippen LogP contribution in [-0.4, -0.2) is 22.9 Å². The topological polar surface area (TPSA) is 51.5 Å². The van der Waals surface area contributed by atoms with Crippen LogP contribution in [0.5, 0.6) is 0 Å². The Morgan fingerprint density at radius 2 is 1.85 bits per heavy atom. The Morgan fingerprint density at radius 3 is 2.65 bits per heavy atom. The van der Waals surface area contributed by atoms with Gasteiger partial charge in [0.05, 0.1) is 16.3 Å². The number of carbonyl (C=O) groups excluding carboxylic acids is 1. The van der Waals surface area contributed by atoms with Crippen molar-refractivity contribution >= 4 is 35.0 Å². The fourth-order valence-corrected chi connectivity index (χ4v) is 3.51. The van der Waals surface area contributed by atoms with Crippen LogP contribution in [0.2, 0.25) is 5.02 Å². The van der Waals surface area contributed by atoms with E-state index in [2.05, 4.69) is 10.1 Å². The smallest absolute Gasteiger partial charge is 0.312 e. The SMILES string of the molecule is CSc1ccc(Cl)c(C(=O)O/N=C2\c3ccccc3-c3ncccc32)c1. The van der Waals surface area contributed by atoms with Crippen molar-refractivity contribution in [2.45, 2.75) is 4.90 Å². The summed E-state index contributed by atoms with van der Waals surface area (Å²) in [6.07, 6.45) is 3.66. The molecule has 1 aliphatic carbocycles. The van der Waals surface area contributed by atoms with Crippen molar-refractivity contribution in [1.29, 1.82) is 0 Å². The van der Waals surface area contributed by atoms with Crippen molar-refractivity contribution in [1.82, 2.24) is 4.98 Å². The first-order valence-electron chi connectivity index (χ1n) is 7.87. The van der Waals surface area contributed by atoms with Gasteiger partial charge in [0.2, 0.25) is 0 Å². The molecule has 26 heavy (non-hydrogen) atoms. The van der Waals surface area contributed by atoms with E-state index in [9.17, 15) is 4.79 Å². The third-order valence-corrected chi connectivity index (χ3v) is 5.17. The van der Waals surface area contributed by atoms with E-state index in [4.69, 9.17) is 16.4 Å². The van der Waals surface area contributed by atoms with Crippen LogP contribution < -0.4 is 0 Å². The Morgan fingerprint density at radius 1 is 1.08 bits per heavy atom. The fourth-order valence-electron chi connectivity index (χ4n) is 2.87. The van der Waals surface area contributed by atoms with Gasteiger partial charge in [-0.05, 0) is 36.6 Å². The van der Waals surface area contributed by atoms with Gasteiger partial charge < -0.3 is 4.84 Å². The maximum absolute atomic E-state index is 12.5. The zero-order valence-electron chi connectivity index (χ0n) is 13.8. The molecule has 0 saturated carbocycles. The molecule has 0 amide bonds. The molecule has 0 atom stereocenters. The molecule has 0 bridgehead atoms. The number of hydrogen-bond acceptors (Lipinski definition) is 5. The number of nitrogens with zero attached hydrogens (tertiary/aromatic N) is 2. The number of oxime groups is 1. The normalized spacial score (nSPS) is 13.4. The second-order valence-electron chi connectivity index (χ2n) is 5.61. The number of rotatable bonds is 3. The van der Waals surface area contributed by atoms with E-state index in [1.54, 1.807) is 18.3 Å². The third-order valence-electron chi connectivity index (χ3n) is 4.11. The van der Waals surface area contributed by atoms with Gasteiger partial charge in [0.25, 0.3) is 0 Å². The zero-order chi connectivity index (χ0) is 18.1. The lowest BCUT2D eigenvalue weighted by atomic mass is 10.1. The molecule has 3 aromatic rings. The van der Waals surface area contributed by atoms with Crippen molar-refractivity contribution in [2.24, 2.45) is 5.16 Å². The predicted molar refractivity (Wildman–Crippen MR) is 104 cm³/mol. The maximum atomic E-state index is 12.5. The van der Waals surface area contributed by atoms with Gasteiger partial charge in [-0.15, -0.1) is 11.8 Å². The highest BCUT2D eigenvalue weighted by Gasteiger charge is 2.26. The van der Waals surface area contributed by atoms with Crippen LogP contribution in [0.4, 0.5) is 0 Å². The average molecular weight is 381 g/mol. The van der Waals surface area contributed by atoms with E-state index < -0.39 is 5.97 Å². The Kier molecular flexibility index (Phi) is 4.49. The number of thioether (sulfide) groups is 1. The van der Waals surface area contributed by atoms with Crippen molar-refractivity contribution in [2.75, 3.05) is 6.26 Å². The van der Waals surface area contributed by atoms with Crippen LogP contribution in [0.25, 0.3) is 11.3 Å². The van der Waals surface area contributed by atoms with Gasteiger partial charge in [0.15, 0.2) is 0 Å². The molecule has 0 fully saturated rings. The van der Waals surface area contributed by atoms with E-state index in [-0.39, 0.29) is 0 Å². The number of hydrogen-bond donors (Lipinski definition) is 0. The summed E-state index contributed by atoms with van der Waals surface area (Å²) in [5.74, 6) is -0.590. The minimum absolute atomic E-state index is 0.292. The molecule has 1 heterocycles. The molecule has 0 saturated heterocycles. The van der Waals surface area contributed by atoms with E-state index in [0.717, 1.165) is 27.3 Å². The summed E-state index contributed by atoms with van der Waals surface area (Å²) >= 11 is 7.66. The summed E-state index contributed by atoms with van der Waals surface area (Å²) in [5, 5.41) is 4.48. The van der Waals surface area contributed by atoms with E-state index in [1.165, 1.54) is 11.8 Å². The molecule has 0 unspecified atom stereocenters. The Hall–Kier alpha value is -2.63. The molecular weight excluding hydrogens is 368 g/mol. The summed E-state index contributed by atoms with van der Waals surface area (Å²) in [5.41, 5.74) is 4.42. The summed E-state index contributed by atoms with van der Waals surface area (Å²) < 4.78 is 0. The fraction of sp³-hybridized carbons (Fsp3) is 0.0500. The summed E-state index contributed by atoms with van der Waals surface area (Å²) in [6, 6.07) is 16.8.